The number of benzene rings is 1. The van der Waals surface area contributed by atoms with Crippen molar-refractivity contribution in [3.8, 4) is 0 Å². The van der Waals surface area contributed by atoms with Gasteiger partial charge in [0.25, 0.3) is 0 Å². The van der Waals surface area contributed by atoms with E-state index in [1.807, 2.05) is 0 Å². The molecule has 1 aliphatic carbocycles. The number of halogens is 1. The summed E-state index contributed by atoms with van der Waals surface area (Å²) in [5.74, 6) is 1.41. The van der Waals surface area contributed by atoms with Crippen LogP contribution < -0.4 is 0 Å². The zero-order valence-corrected chi connectivity index (χ0v) is 11.7. The predicted octanol–water partition coefficient (Wildman–Crippen LogP) is 4.86. The molecule has 2 rings (SSSR count). The molecular weight excluding hydrogens is 244 g/mol. The first-order valence-electron chi connectivity index (χ1n) is 6.68. The molecule has 98 valence electrons. The van der Waals surface area contributed by atoms with Gasteiger partial charge in [-0.1, -0.05) is 41.9 Å². The van der Waals surface area contributed by atoms with Crippen molar-refractivity contribution in [1.29, 1.82) is 0 Å². The van der Waals surface area contributed by atoms with Crippen LogP contribution in [0.25, 0.3) is 0 Å². The summed E-state index contributed by atoms with van der Waals surface area (Å²) >= 11 is 5.64. The van der Waals surface area contributed by atoms with Gasteiger partial charge in [-0.15, -0.1) is 0 Å². The van der Waals surface area contributed by atoms with E-state index >= 15 is 0 Å². The summed E-state index contributed by atoms with van der Waals surface area (Å²) < 4.78 is 5.13. The monoisotopic (exact) mass is 264 g/mol. The number of rotatable bonds is 4. The Hall–Kier alpha value is -0.790. The Balaban J connectivity index is 1.92. The third-order valence-corrected chi connectivity index (χ3v) is 4.02. The van der Waals surface area contributed by atoms with E-state index < -0.39 is 0 Å². The molecule has 1 nitrogen and oxygen atoms in total. The molecule has 0 heterocycles. The van der Waals surface area contributed by atoms with Gasteiger partial charge in [0.1, 0.15) is 0 Å². The maximum Gasteiger partial charge on any atom is 0.0713 e. The van der Waals surface area contributed by atoms with Gasteiger partial charge in [0, 0.05) is 12.6 Å². The molecule has 1 aliphatic rings. The molecule has 0 spiro atoms. The van der Waals surface area contributed by atoms with Gasteiger partial charge in [-0.25, -0.2) is 0 Å². The van der Waals surface area contributed by atoms with Gasteiger partial charge < -0.3 is 4.74 Å². The quantitative estimate of drug-likeness (QED) is 0.755. The molecule has 0 bridgehead atoms. The molecule has 0 aliphatic heterocycles. The Morgan fingerprint density at radius 2 is 1.83 bits per heavy atom. The standard InChI is InChI=1S/C16H21ClO/c1-18-12-14-4-8-16(9-5-14)15-6-2-13(3-7-15)10-11-17/h4-5,8-11,13,15H,2-3,6-7,12H2,1H3/b11-10+. The molecule has 0 saturated heterocycles. The minimum Gasteiger partial charge on any atom is -0.380 e. The van der Waals surface area contributed by atoms with Gasteiger partial charge in [-0.3, -0.25) is 0 Å². The van der Waals surface area contributed by atoms with Crippen LogP contribution in [0.5, 0.6) is 0 Å². The van der Waals surface area contributed by atoms with E-state index in [9.17, 15) is 0 Å². The highest BCUT2D eigenvalue weighted by Crippen LogP contribution is 2.36. The van der Waals surface area contributed by atoms with E-state index in [0.29, 0.717) is 12.5 Å². The zero-order valence-electron chi connectivity index (χ0n) is 10.9. The number of hydrogen-bond acceptors (Lipinski definition) is 1. The minimum atomic E-state index is 0.687. The smallest absolute Gasteiger partial charge is 0.0713 e. The Morgan fingerprint density at radius 1 is 1.17 bits per heavy atom. The summed E-state index contributed by atoms with van der Waals surface area (Å²) in [4.78, 5) is 0. The fourth-order valence-corrected chi connectivity index (χ4v) is 3.01. The molecule has 0 aromatic heterocycles. The molecule has 18 heavy (non-hydrogen) atoms. The van der Waals surface area contributed by atoms with E-state index in [1.165, 1.54) is 36.8 Å². The molecule has 0 amide bonds. The normalized spacial score (nSPS) is 24.6. The maximum absolute atomic E-state index is 5.64. The number of allylic oxidation sites excluding steroid dienone is 1. The SMILES string of the molecule is COCc1ccc(C2CCC(/C=C/Cl)CC2)cc1. The Bertz CT molecular complexity index is 375. The second-order valence-electron chi connectivity index (χ2n) is 5.10. The third kappa shape index (κ3) is 3.60. The van der Waals surface area contributed by atoms with Crippen LogP contribution in [0.4, 0.5) is 0 Å². The molecule has 1 fully saturated rings. The molecule has 1 aromatic carbocycles. The summed E-state index contributed by atoms with van der Waals surface area (Å²) in [7, 11) is 1.74. The van der Waals surface area contributed by atoms with Crippen molar-refractivity contribution in [2.45, 2.75) is 38.2 Å². The lowest BCUT2D eigenvalue weighted by Gasteiger charge is -2.27. The topological polar surface area (TPSA) is 9.23 Å². The Kier molecular flexibility index (Phi) is 5.27. The lowest BCUT2D eigenvalue weighted by Crippen LogP contribution is -2.11. The first-order chi connectivity index (χ1) is 8.83. The van der Waals surface area contributed by atoms with Crippen molar-refractivity contribution >= 4 is 11.6 Å². The predicted molar refractivity (Wildman–Crippen MR) is 76.8 cm³/mol. The lowest BCUT2D eigenvalue weighted by molar-refractivity contribution is 0.185. The maximum atomic E-state index is 5.64. The van der Waals surface area contributed by atoms with Gasteiger partial charge >= 0.3 is 0 Å². The third-order valence-electron chi connectivity index (χ3n) is 3.88. The fraction of sp³-hybridized carbons (Fsp3) is 0.500. The molecule has 0 radical (unpaired) electrons. The van der Waals surface area contributed by atoms with Crippen LogP contribution in [0.2, 0.25) is 0 Å². The van der Waals surface area contributed by atoms with E-state index in [0.717, 1.165) is 5.92 Å². The van der Waals surface area contributed by atoms with Crippen molar-refractivity contribution in [2.24, 2.45) is 5.92 Å². The van der Waals surface area contributed by atoms with E-state index in [2.05, 4.69) is 30.3 Å². The highest BCUT2D eigenvalue weighted by Gasteiger charge is 2.20. The number of methoxy groups -OCH3 is 1. The van der Waals surface area contributed by atoms with Crippen LogP contribution in [-0.4, -0.2) is 7.11 Å². The summed E-state index contributed by atoms with van der Waals surface area (Å²) in [6, 6.07) is 8.89. The minimum absolute atomic E-state index is 0.687. The van der Waals surface area contributed by atoms with Crippen LogP contribution >= 0.6 is 11.6 Å². The number of hydrogen-bond donors (Lipinski definition) is 0. The molecular formula is C16H21ClO. The van der Waals surface area contributed by atoms with Gasteiger partial charge in [0.15, 0.2) is 0 Å². The van der Waals surface area contributed by atoms with E-state index in [1.54, 1.807) is 12.6 Å². The van der Waals surface area contributed by atoms with Gasteiger partial charge in [-0.05, 0) is 48.6 Å². The van der Waals surface area contributed by atoms with Crippen LogP contribution in [0.1, 0.15) is 42.7 Å². The summed E-state index contributed by atoms with van der Waals surface area (Å²) in [6.07, 6.45) is 7.20. The average molecular weight is 265 g/mol. The lowest BCUT2D eigenvalue weighted by atomic mass is 9.79. The molecule has 0 unspecified atom stereocenters. The second kappa shape index (κ2) is 6.96. The average Bonchev–Trinajstić information content (AvgIpc) is 2.41. The molecule has 1 saturated carbocycles. The van der Waals surface area contributed by atoms with Crippen molar-refractivity contribution in [3.63, 3.8) is 0 Å². The highest BCUT2D eigenvalue weighted by molar-refractivity contribution is 6.25. The highest BCUT2D eigenvalue weighted by atomic mass is 35.5. The summed E-state index contributed by atoms with van der Waals surface area (Å²) in [5.41, 5.74) is 4.40. The largest absolute Gasteiger partial charge is 0.380 e. The Morgan fingerprint density at radius 3 is 2.39 bits per heavy atom. The van der Waals surface area contributed by atoms with E-state index in [-0.39, 0.29) is 0 Å². The molecule has 2 heteroatoms. The van der Waals surface area contributed by atoms with Gasteiger partial charge in [-0.2, -0.15) is 0 Å². The van der Waals surface area contributed by atoms with Crippen LogP contribution in [-0.2, 0) is 11.3 Å². The number of ether oxygens (including phenoxy) is 1. The van der Waals surface area contributed by atoms with Crippen LogP contribution in [0, 0.1) is 5.92 Å². The second-order valence-corrected chi connectivity index (χ2v) is 5.36. The molecule has 0 N–H and O–H groups in total. The first-order valence-corrected chi connectivity index (χ1v) is 7.11. The summed E-state index contributed by atoms with van der Waals surface area (Å²) in [6.45, 7) is 0.702. The molecule has 1 aromatic rings. The Labute approximate surface area is 115 Å². The van der Waals surface area contributed by atoms with Crippen molar-refractivity contribution < 1.29 is 4.74 Å². The van der Waals surface area contributed by atoms with E-state index in [4.69, 9.17) is 16.3 Å². The first kappa shape index (κ1) is 13.6. The van der Waals surface area contributed by atoms with Gasteiger partial charge in [0.05, 0.1) is 6.61 Å². The zero-order chi connectivity index (χ0) is 12.8. The van der Waals surface area contributed by atoms with Crippen molar-refractivity contribution in [1.82, 2.24) is 0 Å². The van der Waals surface area contributed by atoms with Crippen molar-refractivity contribution in [3.05, 3.63) is 47.0 Å². The van der Waals surface area contributed by atoms with Gasteiger partial charge in [0.2, 0.25) is 0 Å². The van der Waals surface area contributed by atoms with Crippen LogP contribution in [0.15, 0.2) is 35.9 Å². The molecule has 0 atom stereocenters. The summed E-state index contributed by atoms with van der Waals surface area (Å²) in [5, 5.41) is 0. The van der Waals surface area contributed by atoms with Crippen molar-refractivity contribution in [2.75, 3.05) is 7.11 Å². The van der Waals surface area contributed by atoms with Crippen LogP contribution in [0.3, 0.4) is 0 Å². The fourth-order valence-electron chi connectivity index (χ4n) is 2.80.